The quantitative estimate of drug-likeness (QED) is 0.769. The molecule has 0 aliphatic carbocycles. The molecule has 1 saturated heterocycles. The Balaban J connectivity index is 0.00000242. The Morgan fingerprint density at radius 1 is 1.45 bits per heavy atom. The van der Waals surface area contributed by atoms with Gasteiger partial charge in [-0.05, 0) is 25.1 Å². The molecule has 1 aromatic carbocycles. The molecular formula is C14H19Cl2N3O3. The second-order valence-electron chi connectivity index (χ2n) is 4.60. The smallest absolute Gasteiger partial charge is 0.254 e. The Labute approximate surface area is 140 Å². The summed E-state index contributed by atoms with van der Waals surface area (Å²) in [4.78, 5) is 24.1. The zero-order valence-electron chi connectivity index (χ0n) is 12.1. The van der Waals surface area contributed by atoms with E-state index < -0.39 is 6.10 Å². The molecule has 122 valence electrons. The van der Waals surface area contributed by atoms with Crippen molar-refractivity contribution in [1.29, 1.82) is 0 Å². The van der Waals surface area contributed by atoms with E-state index in [-0.39, 0.29) is 24.2 Å². The van der Waals surface area contributed by atoms with Crippen molar-refractivity contribution in [2.75, 3.05) is 31.6 Å². The van der Waals surface area contributed by atoms with E-state index in [1.807, 2.05) is 6.92 Å². The molecule has 3 N–H and O–H groups in total. The molecule has 1 heterocycles. The fraction of sp³-hybridized carbons (Fsp3) is 0.429. The first kappa shape index (κ1) is 18.7. The molecule has 0 aromatic heterocycles. The van der Waals surface area contributed by atoms with Crippen LogP contribution in [-0.4, -0.2) is 44.2 Å². The summed E-state index contributed by atoms with van der Waals surface area (Å²) < 4.78 is 5.38. The lowest BCUT2D eigenvalue weighted by molar-refractivity contribution is -0.128. The topological polar surface area (TPSA) is 79.5 Å². The Morgan fingerprint density at radius 2 is 2.23 bits per heavy atom. The second kappa shape index (κ2) is 8.95. The number of morpholine rings is 1. The van der Waals surface area contributed by atoms with Crippen molar-refractivity contribution in [3.63, 3.8) is 0 Å². The average molecular weight is 348 g/mol. The number of carbonyl (C=O) groups is 2. The van der Waals surface area contributed by atoms with Crippen LogP contribution in [0.4, 0.5) is 5.69 Å². The van der Waals surface area contributed by atoms with Crippen LogP contribution in [0, 0.1) is 0 Å². The molecule has 6 nitrogen and oxygen atoms in total. The Morgan fingerprint density at radius 3 is 2.86 bits per heavy atom. The molecule has 2 amide bonds. The first-order valence-electron chi connectivity index (χ1n) is 6.82. The number of nitrogens with one attached hydrogen (secondary N) is 3. The minimum absolute atomic E-state index is 0. The molecule has 0 unspecified atom stereocenters. The Kier molecular flexibility index (Phi) is 7.61. The molecule has 1 aromatic rings. The van der Waals surface area contributed by atoms with E-state index in [0.29, 0.717) is 36.0 Å². The molecule has 0 radical (unpaired) electrons. The summed E-state index contributed by atoms with van der Waals surface area (Å²) in [5.74, 6) is -0.554. The van der Waals surface area contributed by atoms with Crippen molar-refractivity contribution in [1.82, 2.24) is 10.6 Å². The molecule has 0 saturated carbocycles. The van der Waals surface area contributed by atoms with E-state index in [0.717, 1.165) is 6.54 Å². The summed E-state index contributed by atoms with van der Waals surface area (Å²) in [6.07, 6.45) is -0.570. The van der Waals surface area contributed by atoms with Gasteiger partial charge in [-0.25, -0.2) is 0 Å². The third-order valence-corrected chi connectivity index (χ3v) is 3.28. The minimum Gasteiger partial charge on any atom is -0.366 e. The predicted molar refractivity (Wildman–Crippen MR) is 87.9 cm³/mol. The predicted octanol–water partition coefficient (Wildman–Crippen LogP) is 1.44. The highest BCUT2D eigenvalue weighted by Gasteiger charge is 2.23. The van der Waals surface area contributed by atoms with Crippen LogP contribution in [0.2, 0.25) is 5.02 Å². The van der Waals surface area contributed by atoms with Crippen molar-refractivity contribution in [3.05, 3.63) is 28.8 Å². The van der Waals surface area contributed by atoms with Crippen LogP contribution in [0.15, 0.2) is 18.2 Å². The zero-order chi connectivity index (χ0) is 15.2. The van der Waals surface area contributed by atoms with Crippen LogP contribution in [0.3, 0.4) is 0 Å². The molecule has 0 spiro atoms. The largest absolute Gasteiger partial charge is 0.366 e. The molecular weight excluding hydrogens is 329 g/mol. The lowest BCUT2D eigenvalue weighted by atomic mass is 10.1. The van der Waals surface area contributed by atoms with Crippen molar-refractivity contribution < 1.29 is 14.3 Å². The van der Waals surface area contributed by atoms with Gasteiger partial charge in [0.2, 0.25) is 0 Å². The van der Waals surface area contributed by atoms with Gasteiger partial charge in [0.05, 0.1) is 17.9 Å². The van der Waals surface area contributed by atoms with Crippen molar-refractivity contribution in [2.24, 2.45) is 0 Å². The van der Waals surface area contributed by atoms with E-state index in [2.05, 4.69) is 16.0 Å². The lowest BCUT2D eigenvalue weighted by Gasteiger charge is -2.23. The lowest BCUT2D eigenvalue weighted by Crippen LogP contribution is -2.45. The molecule has 1 aliphatic heterocycles. The van der Waals surface area contributed by atoms with E-state index in [1.165, 1.54) is 0 Å². The number of rotatable bonds is 4. The summed E-state index contributed by atoms with van der Waals surface area (Å²) in [6, 6.07) is 4.75. The number of hydrogen-bond donors (Lipinski definition) is 3. The molecule has 2 rings (SSSR count). The molecule has 1 fully saturated rings. The zero-order valence-corrected chi connectivity index (χ0v) is 13.7. The van der Waals surface area contributed by atoms with Gasteiger partial charge in [-0.1, -0.05) is 11.6 Å². The van der Waals surface area contributed by atoms with Gasteiger partial charge in [-0.15, -0.1) is 12.4 Å². The van der Waals surface area contributed by atoms with Crippen LogP contribution < -0.4 is 16.0 Å². The Hall–Kier alpha value is -1.34. The average Bonchev–Trinajstić information content (AvgIpc) is 2.48. The van der Waals surface area contributed by atoms with E-state index in [1.54, 1.807) is 18.2 Å². The van der Waals surface area contributed by atoms with Crippen molar-refractivity contribution in [2.45, 2.75) is 13.0 Å². The highest BCUT2D eigenvalue weighted by atomic mass is 35.5. The second-order valence-corrected chi connectivity index (χ2v) is 5.04. The summed E-state index contributed by atoms with van der Waals surface area (Å²) in [7, 11) is 0. The van der Waals surface area contributed by atoms with Gasteiger partial charge in [0, 0.05) is 24.7 Å². The van der Waals surface area contributed by atoms with Gasteiger partial charge in [-0.2, -0.15) is 0 Å². The number of halogens is 2. The van der Waals surface area contributed by atoms with Crippen molar-refractivity contribution >= 4 is 41.5 Å². The highest BCUT2D eigenvalue weighted by Crippen LogP contribution is 2.21. The third kappa shape index (κ3) is 4.84. The summed E-state index contributed by atoms with van der Waals surface area (Å²) in [6.45, 7) is 3.99. The normalized spacial score (nSPS) is 17.3. The van der Waals surface area contributed by atoms with E-state index >= 15 is 0 Å². The first-order valence-corrected chi connectivity index (χ1v) is 7.20. The Bertz CT molecular complexity index is 534. The maximum absolute atomic E-state index is 12.2. The summed E-state index contributed by atoms with van der Waals surface area (Å²) in [5, 5.41) is 8.93. The number of benzene rings is 1. The van der Waals surface area contributed by atoms with Gasteiger partial charge >= 0.3 is 0 Å². The van der Waals surface area contributed by atoms with Crippen molar-refractivity contribution in [3.8, 4) is 0 Å². The maximum atomic E-state index is 12.2. The minimum atomic E-state index is -0.570. The standard InChI is InChI=1S/C14H18ClN3O3.ClH/c1-2-17-13(19)10-4-3-9(15)7-11(10)18-14(20)12-8-16-5-6-21-12;/h3-4,7,12,16H,2,5-6,8H2,1H3,(H,17,19)(H,18,20);1H/t12-;/m1./s1. The highest BCUT2D eigenvalue weighted by molar-refractivity contribution is 6.31. The van der Waals surface area contributed by atoms with Crippen LogP contribution in [0.5, 0.6) is 0 Å². The fourth-order valence-electron chi connectivity index (χ4n) is 2.02. The number of amides is 2. The monoisotopic (exact) mass is 347 g/mol. The van der Waals surface area contributed by atoms with Gasteiger partial charge < -0.3 is 20.7 Å². The van der Waals surface area contributed by atoms with Crippen LogP contribution in [-0.2, 0) is 9.53 Å². The number of carbonyl (C=O) groups excluding carboxylic acids is 2. The molecule has 8 heteroatoms. The molecule has 1 atom stereocenters. The first-order chi connectivity index (χ1) is 10.1. The van der Waals surface area contributed by atoms with Gasteiger partial charge in [0.25, 0.3) is 11.8 Å². The van der Waals surface area contributed by atoms with Gasteiger partial charge in [-0.3, -0.25) is 9.59 Å². The number of hydrogen-bond acceptors (Lipinski definition) is 4. The summed E-state index contributed by atoms with van der Waals surface area (Å²) in [5.41, 5.74) is 0.756. The molecule has 1 aliphatic rings. The summed E-state index contributed by atoms with van der Waals surface area (Å²) >= 11 is 5.94. The maximum Gasteiger partial charge on any atom is 0.254 e. The van der Waals surface area contributed by atoms with Crippen LogP contribution in [0.1, 0.15) is 17.3 Å². The third-order valence-electron chi connectivity index (χ3n) is 3.04. The number of anilines is 1. The fourth-order valence-corrected chi connectivity index (χ4v) is 2.19. The van der Waals surface area contributed by atoms with E-state index in [9.17, 15) is 9.59 Å². The molecule has 0 bridgehead atoms. The van der Waals surface area contributed by atoms with Crippen LogP contribution in [0.25, 0.3) is 0 Å². The van der Waals surface area contributed by atoms with Gasteiger partial charge in [0.15, 0.2) is 0 Å². The van der Waals surface area contributed by atoms with E-state index in [4.69, 9.17) is 16.3 Å². The van der Waals surface area contributed by atoms with Gasteiger partial charge in [0.1, 0.15) is 6.10 Å². The SMILES string of the molecule is CCNC(=O)c1ccc(Cl)cc1NC(=O)[C@H]1CNCCO1.Cl. The molecule has 22 heavy (non-hydrogen) atoms. The van der Waals surface area contributed by atoms with Crippen LogP contribution >= 0.6 is 24.0 Å². The number of ether oxygens (including phenoxy) is 1.